The van der Waals surface area contributed by atoms with Gasteiger partial charge in [-0.1, -0.05) is 36.1 Å². The van der Waals surface area contributed by atoms with Crippen molar-refractivity contribution >= 4 is 34.0 Å². The molecule has 2 rings (SSSR count). The lowest BCUT2D eigenvalue weighted by atomic mass is 10.1. The van der Waals surface area contributed by atoms with E-state index in [1.54, 1.807) is 0 Å². The lowest BCUT2D eigenvalue weighted by molar-refractivity contribution is 0.285. The highest BCUT2D eigenvalue weighted by Gasteiger charge is 1.90. The molecule has 0 aliphatic carbocycles. The second-order valence-corrected chi connectivity index (χ2v) is 7.14. The topological polar surface area (TPSA) is 92.5 Å². The third-order valence-corrected chi connectivity index (χ3v) is 4.51. The summed E-state index contributed by atoms with van der Waals surface area (Å²) in [5.41, 5.74) is 13.7. The Kier molecular flexibility index (Phi) is 17.7. The molecular formula is C24H31IN2O2. The highest BCUT2D eigenvalue weighted by atomic mass is 127. The molecule has 0 atom stereocenters. The van der Waals surface area contributed by atoms with Crippen molar-refractivity contribution in [2.45, 2.75) is 38.5 Å². The van der Waals surface area contributed by atoms with Crippen LogP contribution in [0.5, 0.6) is 0 Å². The van der Waals surface area contributed by atoms with E-state index in [9.17, 15) is 0 Å². The third kappa shape index (κ3) is 15.4. The van der Waals surface area contributed by atoms with E-state index < -0.39 is 0 Å². The van der Waals surface area contributed by atoms with E-state index >= 15 is 0 Å². The van der Waals surface area contributed by atoms with Crippen LogP contribution in [0.25, 0.3) is 0 Å². The fraction of sp³-hybridized carbons (Fsp3) is 0.333. The summed E-state index contributed by atoms with van der Waals surface area (Å²) in [5, 5.41) is 16.8. The molecule has 2 aromatic rings. The van der Waals surface area contributed by atoms with Crippen molar-refractivity contribution in [1.82, 2.24) is 0 Å². The molecule has 29 heavy (non-hydrogen) atoms. The van der Waals surface area contributed by atoms with Crippen LogP contribution in [0.15, 0.2) is 48.5 Å². The average molecular weight is 506 g/mol. The van der Waals surface area contributed by atoms with Crippen molar-refractivity contribution in [3.63, 3.8) is 0 Å². The summed E-state index contributed by atoms with van der Waals surface area (Å²) < 4.78 is 1.12. The molecule has 0 aromatic heterocycles. The third-order valence-electron chi connectivity index (χ3n) is 3.53. The number of benzene rings is 2. The van der Waals surface area contributed by atoms with E-state index in [4.69, 9.17) is 28.1 Å². The predicted octanol–water partition coefficient (Wildman–Crippen LogP) is 4.44. The van der Waals surface area contributed by atoms with Crippen LogP contribution in [0, 0.1) is 27.8 Å². The van der Waals surface area contributed by atoms with Gasteiger partial charge in [-0.2, -0.15) is 0 Å². The van der Waals surface area contributed by atoms with Crippen LogP contribution in [-0.4, -0.2) is 23.4 Å². The van der Waals surface area contributed by atoms with Gasteiger partial charge >= 0.3 is 0 Å². The normalized spacial score (nSPS) is 8.90. The van der Waals surface area contributed by atoms with Crippen molar-refractivity contribution in [2.24, 2.45) is 0 Å². The van der Waals surface area contributed by atoms with Crippen molar-refractivity contribution in [3.05, 3.63) is 57.7 Å². The standard InChI is InChI=1S/C12H15NO.C6H6IN.C6H10O/c13-12-9-5-4-8-11(12)7-3-1-2-6-10-14;7-5-3-1-2-4-6(5)8;1-2-3-4-5-6-7/h4-5,8-9,14H,1-2,6,10,13H2;1-4H,8H2;1,7H,3-6H2. The molecule has 0 spiro atoms. The molecular weight excluding hydrogens is 475 g/mol. The summed E-state index contributed by atoms with van der Waals surface area (Å²) in [6, 6.07) is 15.3. The van der Waals surface area contributed by atoms with Gasteiger partial charge in [-0.15, -0.1) is 12.3 Å². The second kappa shape index (κ2) is 19.1. The lowest BCUT2D eigenvalue weighted by Gasteiger charge is -1.95. The molecule has 6 N–H and O–H groups in total. The van der Waals surface area contributed by atoms with Gasteiger partial charge in [0.25, 0.3) is 0 Å². The minimum absolute atomic E-state index is 0.245. The van der Waals surface area contributed by atoms with E-state index in [0.29, 0.717) is 0 Å². The first kappa shape index (κ1) is 26.8. The van der Waals surface area contributed by atoms with Crippen molar-refractivity contribution in [2.75, 3.05) is 24.7 Å². The fourth-order valence-corrected chi connectivity index (χ4v) is 2.30. The molecule has 0 amide bonds. The Bertz CT molecular complexity index is 755. The molecule has 0 bridgehead atoms. The Labute approximate surface area is 188 Å². The Morgan fingerprint density at radius 1 is 0.793 bits per heavy atom. The molecule has 5 heteroatoms. The van der Waals surface area contributed by atoms with Gasteiger partial charge in [0.1, 0.15) is 0 Å². The first-order valence-electron chi connectivity index (χ1n) is 9.55. The summed E-state index contributed by atoms with van der Waals surface area (Å²) in [6.45, 7) is 0.511. The van der Waals surface area contributed by atoms with Gasteiger partial charge in [0.05, 0.1) is 0 Å². The molecule has 0 saturated carbocycles. The fourth-order valence-electron chi connectivity index (χ4n) is 1.91. The van der Waals surface area contributed by atoms with E-state index in [-0.39, 0.29) is 13.2 Å². The van der Waals surface area contributed by atoms with Crippen LogP contribution in [0.1, 0.15) is 44.1 Å². The van der Waals surface area contributed by atoms with Gasteiger partial charge in [0.2, 0.25) is 0 Å². The number of anilines is 2. The molecule has 0 aliphatic rings. The Hall–Kier alpha value is -2.19. The Morgan fingerprint density at radius 3 is 1.83 bits per heavy atom. The van der Waals surface area contributed by atoms with Gasteiger partial charge < -0.3 is 21.7 Å². The van der Waals surface area contributed by atoms with E-state index in [0.717, 1.165) is 59.0 Å². The number of hydrogen-bond donors (Lipinski definition) is 4. The van der Waals surface area contributed by atoms with Gasteiger partial charge in [0.15, 0.2) is 0 Å². The van der Waals surface area contributed by atoms with Crippen molar-refractivity contribution in [1.29, 1.82) is 0 Å². The zero-order chi connectivity index (χ0) is 21.7. The molecule has 0 unspecified atom stereocenters. The number of para-hydroxylation sites is 2. The molecule has 0 fully saturated rings. The number of aliphatic hydroxyl groups is 2. The first-order chi connectivity index (χ1) is 14.1. The monoisotopic (exact) mass is 506 g/mol. The highest BCUT2D eigenvalue weighted by molar-refractivity contribution is 14.1. The van der Waals surface area contributed by atoms with Crippen molar-refractivity contribution < 1.29 is 10.2 Å². The molecule has 2 aromatic carbocycles. The van der Waals surface area contributed by atoms with Crippen molar-refractivity contribution in [3.8, 4) is 24.2 Å². The predicted molar refractivity (Wildman–Crippen MR) is 132 cm³/mol. The lowest BCUT2D eigenvalue weighted by Crippen LogP contribution is -1.88. The van der Waals surface area contributed by atoms with E-state index in [2.05, 4.69) is 40.4 Å². The Balaban J connectivity index is 0.000000444. The second-order valence-electron chi connectivity index (χ2n) is 5.98. The molecule has 4 nitrogen and oxygen atoms in total. The Morgan fingerprint density at radius 2 is 1.34 bits per heavy atom. The quantitative estimate of drug-likeness (QED) is 0.202. The van der Waals surface area contributed by atoms with Gasteiger partial charge in [0, 0.05) is 46.6 Å². The summed E-state index contributed by atoms with van der Waals surface area (Å²) >= 11 is 2.20. The number of rotatable bonds is 6. The summed E-state index contributed by atoms with van der Waals surface area (Å²) in [4.78, 5) is 0. The number of nitrogens with two attached hydrogens (primary N) is 2. The maximum Gasteiger partial charge on any atom is 0.0474 e. The molecule has 0 aliphatic heterocycles. The highest BCUT2D eigenvalue weighted by Crippen LogP contribution is 2.11. The SMILES string of the molecule is C#CCCCCO.Nc1ccccc1C#CCCCCO.Nc1ccccc1I. The minimum atomic E-state index is 0.245. The van der Waals surface area contributed by atoms with Gasteiger partial charge in [-0.3, -0.25) is 0 Å². The summed E-state index contributed by atoms with van der Waals surface area (Å²) in [5.74, 6) is 8.54. The number of hydrogen-bond acceptors (Lipinski definition) is 4. The van der Waals surface area contributed by atoms with E-state index in [1.807, 2.05) is 48.5 Å². The molecule has 156 valence electrons. The smallest absolute Gasteiger partial charge is 0.0474 e. The maximum atomic E-state index is 8.56. The van der Waals surface area contributed by atoms with Crippen LogP contribution < -0.4 is 11.5 Å². The van der Waals surface area contributed by atoms with E-state index in [1.165, 1.54) is 0 Å². The van der Waals surface area contributed by atoms with Crippen LogP contribution >= 0.6 is 22.6 Å². The number of halogens is 1. The minimum Gasteiger partial charge on any atom is -0.398 e. The van der Waals surface area contributed by atoms with Crippen LogP contribution in [0.2, 0.25) is 0 Å². The van der Waals surface area contributed by atoms with Gasteiger partial charge in [-0.05, 0) is 72.5 Å². The number of unbranched alkanes of at least 4 members (excludes halogenated alkanes) is 4. The zero-order valence-corrected chi connectivity index (χ0v) is 18.9. The van der Waals surface area contributed by atoms with Crippen LogP contribution in [0.4, 0.5) is 11.4 Å². The number of aliphatic hydroxyl groups excluding tert-OH is 2. The summed E-state index contributed by atoms with van der Waals surface area (Å²) in [6.07, 6.45) is 10.1. The maximum absolute atomic E-state index is 8.56. The van der Waals surface area contributed by atoms with Gasteiger partial charge in [-0.25, -0.2) is 0 Å². The first-order valence-corrected chi connectivity index (χ1v) is 10.6. The number of nitrogen functional groups attached to an aromatic ring is 2. The zero-order valence-electron chi connectivity index (χ0n) is 16.8. The molecule has 0 heterocycles. The molecule has 0 radical (unpaired) electrons. The number of terminal acetylenes is 1. The van der Waals surface area contributed by atoms with Crippen LogP contribution in [-0.2, 0) is 0 Å². The largest absolute Gasteiger partial charge is 0.398 e. The van der Waals surface area contributed by atoms with Crippen LogP contribution in [0.3, 0.4) is 0 Å². The average Bonchev–Trinajstić information content (AvgIpc) is 2.73. The summed E-state index contributed by atoms with van der Waals surface area (Å²) in [7, 11) is 0. The molecule has 0 saturated heterocycles.